The number of nitrogens with zero attached hydrogens (tertiary/aromatic N) is 1. The lowest BCUT2D eigenvalue weighted by molar-refractivity contribution is -0.121. The van der Waals surface area contributed by atoms with Crippen molar-refractivity contribution in [2.75, 3.05) is 0 Å². The van der Waals surface area contributed by atoms with Crippen LogP contribution in [0.15, 0.2) is 29.6 Å². The summed E-state index contributed by atoms with van der Waals surface area (Å²) in [6.45, 7) is 6.75. The van der Waals surface area contributed by atoms with Crippen molar-refractivity contribution in [1.29, 1.82) is 0 Å². The fourth-order valence-electron chi connectivity index (χ4n) is 2.06. The van der Waals surface area contributed by atoms with Crippen molar-refractivity contribution in [3.63, 3.8) is 0 Å². The van der Waals surface area contributed by atoms with Crippen molar-refractivity contribution < 1.29 is 17.6 Å². The molecule has 1 amide bonds. The van der Waals surface area contributed by atoms with E-state index in [1.165, 1.54) is 30.4 Å². The Morgan fingerprint density at radius 2 is 1.88 bits per heavy atom. The number of aromatic nitrogens is 1. The normalized spacial score (nSPS) is 13.5. The Morgan fingerprint density at radius 1 is 1.28 bits per heavy atom. The molecule has 1 unspecified atom stereocenters. The molecule has 1 aromatic heterocycles. The Bertz CT molecular complexity index is 853. The van der Waals surface area contributed by atoms with Gasteiger partial charge in [-0.15, -0.1) is 11.3 Å². The Kier molecular flexibility index (Phi) is 5.63. The molecule has 136 valence electrons. The average molecular weight is 384 g/mol. The number of carbonyl (C=O) groups excluding carboxylic acids is 1. The number of hydrogen-bond donors (Lipinski definition) is 1. The monoisotopic (exact) mass is 384 g/mol. The zero-order valence-electron chi connectivity index (χ0n) is 14.5. The van der Waals surface area contributed by atoms with Gasteiger partial charge in [0.15, 0.2) is 9.84 Å². The van der Waals surface area contributed by atoms with Gasteiger partial charge in [0, 0.05) is 16.5 Å². The molecule has 0 aliphatic heterocycles. The maximum atomic E-state index is 13.0. The van der Waals surface area contributed by atoms with Crippen LogP contribution in [0.2, 0.25) is 0 Å². The van der Waals surface area contributed by atoms with Crippen LogP contribution in [0.3, 0.4) is 0 Å². The van der Waals surface area contributed by atoms with E-state index in [-0.39, 0.29) is 11.6 Å². The number of rotatable bonds is 5. The van der Waals surface area contributed by atoms with Crippen molar-refractivity contribution in [2.24, 2.45) is 0 Å². The summed E-state index contributed by atoms with van der Waals surface area (Å²) < 4.78 is 37.9. The van der Waals surface area contributed by atoms with Gasteiger partial charge in [-0.3, -0.25) is 4.79 Å². The van der Waals surface area contributed by atoms with Crippen molar-refractivity contribution in [3.8, 4) is 10.6 Å². The standard InChI is InChI=1S/C17H21FN2O3S2/c1-11(15(21)20-17(2,3)4)25(22,23)10-14-9-24-16(19-14)12-5-7-13(18)8-6-12/h5-9,11H,10H2,1-4H3,(H,20,21). The Balaban J connectivity index is 2.13. The first kappa shape index (κ1) is 19.5. The molecular weight excluding hydrogens is 363 g/mol. The molecule has 1 N–H and O–H groups in total. The Labute approximate surface area is 151 Å². The van der Waals surface area contributed by atoms with E-state index in [0.29, 0.717) is 16.3 Å². The largest absolute Gasteiger partial charge is 0.350 e. The fourth-order valence-corrected chi connectivity index (χ4v) is 4.19. The van der Waals surface area contributed by atoms with Gasteiger partial charge in [0.25, 0.3) is 0 Å². The first-order valence-corrected chi connectivity index (χ1v) is 10.3. The summed E-state index contributed by atoms with van der Waals surface area (Å²) in [6, 6.07) is 5.83. The highest BCUT2D eigenvalue weighted by molar-refractivity contribution is 7.92. The molecule has 8 heteroatoms. The second kappa shape index (κ2) is 7.21. The first-order chi connectivity index (χ1) is 11.5. The summed E-state index contributed by atoms with van der Waals surface area (Å²) in [6.07, 6.45) is 0. The predicted octanol–water partition coefficient (Wildman–Crippen LogP) is 3.17. The average Bonchev–Trinajstić information content (AvgIpc) is 2.93. The molecule has 5 nitrogen and oxygen atoms in total. The van der Waals surface area contributed by atoms with Gasteiger partial charge >= 0.3 is 0 Å². The van der Waals surface area contributed by atoms with Crippen LogP contribution in [0, 0.1) is 5.82 Å². The van der Waals surface area contributed by atoms with E-state index in [1.54, 1.807) is 38.3 Å². The van der Waals surface area contributed by atoms with Gasteiger partial charge < -0.3 is 5.32 Å². The van der Waals surface area contributed by atoms with Crippen molar-refractivity contribution in [1.82, 2.24) is 10.3 Å². The number of benzene rings is 1. The zero-order valence-corrected chi connectivity index (χ0v) is 16.2. The molecule has 0 spiro atoms. The SMILES string of the molecule is CC(C(=O)NC(C)(C)C)S(=O)(=O)Cc1csc(-c2ccc(F)cc2)n1. The molecule has 2 rings (SSSR count). The molecule has 1 aromatic carbocycles. The first-order valence-electron chi connectivity index (χ1n) is 7.72. The molecule has 0 aliphatic rings. The number of sulfone groups is 1. The van der Waals surface area contributed by atoms with Crippen LogP contribution in [-0.4, -0.2) is 30.1 Å². The molecule has 0 bridgehead atoms. The molecule has 1 atom stereocenters. The highest BCUT2D eigenvalue weighted by Gasteiger charge is 2.31. The summed E-state index contributed by atoms with van der Waals surface area (Å²) in [5.41, 5.74) is 0.588. The van der Waals surface area contributed by atoms with Crippen molar-refractivity contribution in [2.45, 2.75) is 44.2 Å². The van der Waals surface area contributed by atoms with Gasteiger partial charge in [0.1, 0.15) is 16.1 Å². The minimum Gasteiger partial charge on any atom is -0.350 e. The maximum Gasteiger partial charge on any atom is 0.238 e. The number of thiazole rings is 1. The third kappa shape index (κ3) is 5.34. The van der Waals surface area contributed by atoms with Crippen LogP contribution in [0.25, 0.3) is 10.6 Å². The minimum atomic E-state index is -3.69. The summed E-state index contributed by atoms with van der Waals surface area (Å²) in [5, 5.41) is 3.76. The highest BCUT2D eigenvalue weighted by Crippen LogP contribution is 2.25. The van der Waals surface area contributed by atoms with Gasteiger partial charge in [0.05, 0.1) is 11.4 Å². The van der Waals surface area contributed by atoms with Crippen LogP contribution in [0.1, 0.15) is 33.4 Å². The summed E-state index contributed by atoms with van der Waals surface area (Å²) in [7, 11) is -3.69. The number of halogens is 1. The summed E-state index contributed by atoms with van der Waals surface area (Å²) in [4.78, 5) is 16.4. The van der Waals surface area contributed by atoms with Crippen LogP contribution >= 0.6 is 11.3 Å². The summed E-state index contributed by atoms with van der Waals surface area (Å²) in [5.74, 6) is -1.19. The maximum absolute atomic E-state index is 13.0. The number of amides is 1. The van der Waals surface area contributed by atoms with Crippen LogP contribution < -0.4 is 5.32 Å². The van der Waals surface area contributed by atoms with E-state index < -0.39 is 26.5 Å². The van der Waals surface area contributed by atoms with E-state index in [0.717, 1.165) is 0 Å². The quantitative estimate of drug-likeness (QED) is 0.859. The van der Waals surface area contributed by atoms with E-state index in [1.807, 2.05) is 0 Å². The molecule has 2 aromatic rings. The topological polar surface area (TPSA) is 76.1 Å². The van der Waals surface area contributed by atoms with E-state index in [2.05, 4.69) is 10.3 Å². The highest BCUT2D eigenvalue weighted by atomic mass is 32.2. The Morgan fingerprint density at radius 3 is 2.44 bits per heavy atom. The minimum absolute atomic E-state index is 0.316. The number of nitrogens with one attached hydrogen (secondary N) is 1. The van der Waals surface area contributed by atoms with Gasteiger partial charge in [-0.25, -0.2) is 17.8 Å². The van der Waals surface area contributed by atoms with Gasteiger partial charge in [0.2, 0.25) is 5.91 Å². The molecule has 0 saturated carbocycles. The van der Waals surface area contributed by atoms with E-state index in [9.17, 15) is 17.6 Å². The second-order valence-electron chi connectivity index (χ2n) is 6.84. The molecular formula is C17H21FN2O3S2. The third-order valence-electron chi connectivity index (χ3n) is 3.40. The fraction of sp³-hybridized carbons (Fsp3) is 0.412. The lowest BCUT2D eigenvalue weighted by Gasteiger charge is -2.23. The zero-order chi connectivity index (χ0) is 18.8. The molecule has 1 heterocycles. The van der Waals surface area contributed by atoms with Crippen LogP contribution in [0.4, 0.5) is 4.39 Å². The lowest BCUT2D eigenvalue weighted by Crippen LogP contribution is -2.47. The smallest absolute Gasteiger partial charge is 0.238 e. The van der Waals surface area contributed by atoms with Gasteiger partial charge in [-0.1, -0.05) is 0 Å². The number of hydrogen-bond acceptors (Lipinski definition) is 5. The molecule has 0 radical (unpaired) electrons. The van der Waals surface area contributed by atoms with Crippen molar-refractivity contribution in [3.05, 3.63) is 41.2 Å². The van der Waals surface area contributed by atoms with E-state index >= 15 is 0 Å². The van der Waals surface area contributed by atoms with Gasteiger partial charge in [-0.2, -0.15) is 0 Å². The molecule has 0 saturated heterocycles. The third-order valence-corrected chi connectivity index (χ3v) is 6.33. The van der Waals surface area contributed by atoms with E-state index in [4.69, 9.17) is 0 Å². The van der Waals surface area contributed by atoms with Crippen LogP contribution in [0.5, 0.6) is 0 Å². The summed E-state index contributed by atoms with van der Waals surface area (Å²) >= 11 is 1.28. The number of carbonyl (C=O) groups is 1. The molecule has 0 aliphatic carbocycles. The lowest BCUT2D eigenvalue weighted by atomic mass is 10.1. The van der Waals surface area contributed by atoms with Crippen LogP contribution in [-0.2, 0) is 20.4 Å². The predicted molar refractivity (Wildman–Crippen MR) is 97.5 cm³/mol. The van der Waals surface area contributed by atoms with Crippen molar-refractivity contribution >= 4 is 27.1 Å². The molecule has 25 heavy (non-hydrogen) atoms. The van der Waals surface area contributed by atoms with Gasteiger partial charge in [-0.05, 0) is 52.0 Å². The Hall–Kier alpha value is -1.80. The molecule has 0 fully saturated rings. The second-order valence-corrected chi connectivity index (χ2v) is 10.0.